The molecule has 0 fully saturated rings. The number of carboxylic acids is 1. The molecule has 0 amide bonds. The quantitative estimate of drug-likeness (QED) is 0.830. The third-order valence-corrected chi connectivity index (χ3v) is 2.61. The highest BCUT2D eigenvalue weighted by atomic mass is 16.4. The van der Waals surface area contributed by atoms with Crippen LogP contribution >= 0.6 is 0 Å². The minimum absolute atomic E-state index is 0.0825. The van der Waals surface area contributed by atoms with Crippen LogP contribution in [0.2, 0.25) is 0 Å². The molecule has 0 radical (unpaired) electrons. The van der Waals surface area contributed by atoms with Gasteiger partial charge in [0.05, 0.1) is 0 Å². The Morgan fingerprint density at radius 3 is 2.12 bits per heavy atom. The molecule has 2 aromatic carbocycles. The highest BCUT2D eigenvalue weighted by Crippen LogP contribution is 2.26. The number of aromatic carboxylic acids is 1. The smallest absolute Gasteiger partial charge is 0.339 e. The molecule has 0 saturated heterocycles. The zero-order valence-electron chi connectivity index (χ0n) is 9.34. The number of aromatic hydroxyl groups is 1. The van der Waals surface area contributed by atoms with E-state index in [9.17, 15) is 9.90 Å². The van der Waals surface area contributed by atoms with E-state index < -0.39 is 5.97 Å². The van der Waals surface area contributed by atoms with Crippen LogP contribution in [-0.4, -0.2) is 16.2 Å². The fourth-order valence-electron chi connectivity index (χ4n) is 1.64. The van der Waals surface area contributed by atoms with Crippen molar-refractivity contribution in [2.45, 2.75) is 6.92 Å². The summed E-state index contributed by atoms with van der Waals surface area (Å²) in [5.74, 6) is -1.34. The molecule has 17 heavy (non-hydrogen) atoms. The summed E-state index contributed by atoms with van der Waals surface area (Å²) in [6.45, 7) is 1.99. The van der Waals surface area contributed by atoms with E-state index in [0.29, 0.717) is 0 Å². The number of aryl methyl sites for hydroxylation is 1. The summed E-state index contributed by atoms with van der Waals surface area (Å²) in [4.78, 5) is 10.8. The van der Waals surface area contributed by atoms with Gasteiger partial charge in [-0.15, -0.1) is 0 Å². The number of benzene rings is 2. The second-order valence-electron chi connectivity index (χ2n) is 3.90. The van der Waals surface area contributed by atoms with Crippen LogP contribution in [0.3, 0.4) is 0 Å². The Balaban J connectivity index is 2.44. The topological polar surface area (TPSA) is 57.5 Å². The number of hydrogen-bond donors (Lipinski definition) is 2. The Morgan fingerprint density at radius 1 is 1.00 bits per heavy atom. The van der Waals surface area contributed by atoms with Gasteiger partial charge in [-0.2, -0.15) is 0 Å². The average Bonchev–Trinajstić information content (AvgIpc) is 2.29. The molecule has 0 atom stereocenters. The first-order chi connectivity index (χ1) is 8.08. The van der Waals surface area contributed by atoms with Gasteiger partial charge in [0, 0.05) is 0 Å². The molecule has 0 saturated carbocycles. The fraction of sp³-hybridized carbons (Fsp3) is 0.0714. The van der Waals surface area contributed by atoms with Gasteiger partial charge in [0.25, 0.3) is 0 Å². The van der Waals surface area contributed by atoms with Crippen molar-refractivity contribution in [1.82, 2.24) is 0 Å². The van der Waals surface area contributed by atoms with E-state index >= 15 is 0 Å². The second-order valence-corrected chi connectivity index (χ2v) is 3.90. The van der Waals surface area contributed by atoms with E-state index in [1.165, 1.54) is 12.1 Å². The Bertz CT molecular complexity index is 556. The van der Waals surface area contributed by atoms with Crippen molar-refractivity contribution in [1.29, 1.82) is 0 Å². The third-order valence-electron chi connectivity index (χ3n) is 2.61. The molecule has 0 spiro atoms. The summed E-state index contributed by atoms with van der Waals surface area (Å²) in [6, 6.07) is 12.4. The van der Waals surface area contributed by atoms with E-state index in [1.807, 2.05) is 31.2 Å². The van der Waals surface area contributed by atoms with Crippen molar-refractivity contribution in [2.75, 3.05) is 0 Å². The zero-order chi connectivity index (χ0) is 12.4. The first-order valence-corrected chi connectivity index (χ1v) is 5.21. The molecular formula is C14H12O3. The Morgan fingerprint density at radius 2 is 1.59 bits per heavy atom. The molecule has 0 aromatic heterocycles. The van der Waals surface area contributed by atoms with Gasteiger partial charge in [0.2, 0.25) is 0 Å². The fourth-order valence-corrected chi connectivity index (χ4v) is 1.64. The van der Waals surface area contributed by atoms with E-state index in [-0.39, 0.29) is 11.3 Å². The summed E-state index contributed by atoms with van der Waals surface area (Å²) >= 11 is 0. The molecule has 2 aromatic rings. The molecular weight excluding hydrogens is 216 g/mol. The minimum Gasteiger partial charge on any atom is -0.507 e. The van der Waals surface area contributed by atoms with Gasteiger partial charge >= 0.3 is 5.97 Å². The first-order valence-electron chi connectivity index (χ1n) is 5.21. The monoisotopic (exact) mass is 228 g/mol. The maximum atomic E-state index is 10.8. The zero-order valence-corrected chi connectivity index (χ0v) is 9.34. The number of hydrogen-bond acceptors (Lipinski definition) is 2. The maximum Gasteiger partial charge on any atom is 0.339 e. The minimum atomic E-state index is -1.13. The lowest BCUT2D eigenvalue weighted by atomic mass is 10.0. The summed E-state index contributed by atoms with van der Waals surface area (Å²) in [5, 5.41) is 18.4. The van der Waals surface area contributed by atoms with Gasteiger partial charge in [0.1, 0.15) is 11.3 Å². The molecule has 3 heteroatoms. The first kappa shape index (κ1) is 11.2. The van der Waals surface area contributed by atoms with Crippen molar-refractivity contribution in [2.24, 2.45) is 0 Å². The summed E-state index contributed by atoms with van der Waals surface area (Å²) < 4.78 is 0. The molecule has 0 aliphatic heterocycles. The predicted octanol–water partition coefficient (Wildman–Crippen LogP) is 3.07. The lowest BCUT2D eigenvalue weighted by molar-refractivity contribution is 0.0694. The van der Waals surface area contributed by atoms with Crippen molar-refractivity contribution in [3.05, 3.63) is 53.6 Å². The molecule has 0 aliphatic carbocycles. The van der Waals surface area contributed by atoms with Crippen LogP contribution in [0.25, 0.3) is 11.1 Å². The van der Waals surface area contributed by atoms with E-state index in [0.717, 1.165) is 16.7 Å². The number of carbonyl (C=O) groups is 1. The van der Waals surface area contributed by atoms with Crippen LogP contribution < -0.4 is 0 Å². The molecule has 86 valence electrons. The number of carboxylic acid groups (broad SMARTS) is 1. The number of phenols is 1. The van der Waals surface area contributed by atoms with Crippen LogP contribution in [-0.2, 0) is 0 Å². The maximum absolute atomic E-state index is 10.8. The molecule has 2 rings (SSSR count). The summed E-state index contributed by atoms with van der Waals surface area (Å²) in [7, 11) is 0. The SMILES string of the molecule is Cc1ccc(-c2ccc(C(=O)O)c(O)c2)cc1. The van der Waals surface area contributed by atoms with Gasteiger partial charge in [-0.1, -0.05) is 35.9 Å². The lowest BCUT2D eigenvalue weighted by Gasteiger charge is -2.05. The average molecular weight is 228 g/mol. The predicted molar refractivity (Wildman–Crippen MR) is 65.2 cm³/mol. The van der Waals surface area contributed by atoms with Gasteiger partial charge in [-0.25, -0.2) is 4.79 Å². The van der Waals surface area contributed by atoms with Gasteiger partial charge in [-0.05, 0) is 30.2 Å². The van der Waals surface area contributed by atoms with Crippen LogP contribution in [0, 0.1) is 6.92 Å². The molecule has 3 nitrogen and oxygen atoms in total. The highest BCUT2D eigenvalue weighted by molar-refractivity contribution is 5.91. The van der Waals surface area contributed by atoms with Crippen LogP contribution in [0.5, 0.6) is 5.75 Å². The second kappa shape index (κ2) is 4.29. The molecule has 0 aliphatic rings. The Hall–Kier alpha value is -2.29. The third kappa shape index (κ3) is 2.28. The van der Waals surface area contributed by atoms with E-state index in [2.05, 4.69) is 0 Å². The summed E-state index contributed by atoms with van der Waals surface area (Å²) in [5.41, 5.74) is 2.82. The van der Waals surface area contributed by atoms with Gasteiger partial charge < -0.3 is 10.2 Å². The Kier molecular flexibility index (Phi) is 2.83. The van der Waals surface area contributed by atoms with Crippen molar-refractivity contribution in [3.8, 4) is 16.9 Å². The Labute approximate surface area is 99.0 Å². The standard InChI is InChI=1S/C14H12O3/c1-9-2-4-10(5-3-9)11-6-7-12(14(16)17)13(15)8-11/h2-8,15H,1H3,(H,16,17). The van der Waals surface area contributed by atoms with Crippen LogP contribution in [0.1, 0.15) is 15.9 Å². The highest BCUT2D eigenvalue weighted by Gasteiger charge is 2.10. The van der Waals surface area contributed by atoms with Crippen molar-refractivity contribution < 1.29 is 15.0 Å². The molecule has 0 bridgehead atoms. The number of rotatable bonds is 2. The van der Waals surface area contributed by atoms with E-state index in [4.69, 9.17) is 5.11 Å². The van der Waals surface area contributed by atoms with Crippen LogP contribution in [0.15, 0.2) is 42.5 Å². The van der Waals surface area contributed by atoms with Gasteiger partial charge in [0.15, 0.2) is 0 Å². The molecule has 0 unspecified atom stereocenters. The normalized spacial score (nSPS) is 10.2. The van der Waals surface area contributed by atoms with Crippen molar-refractivity contribution >= 4 is 5.97 Å². The largest absolute Gasteiger partial charge is 0.507 e. The summed E-state index contributed by atoms with van der Waals surface area (Å²) in [6.07, 6.45) is 0. The van der Waals surface area contributed by atoms with Crippen LogP contribution in [0.4, 0.5) is 0 Å². The van der Waals surface area contributed by atoms with Crippen molar-refractivity contribution in [3.63, 3.8) is 0 Å². The van der Waals surface area contributed by atoms with E-state index in [1.54, 1.807) is 6.07 Å². The molecule has 2 N–H and O–H groups in total. The molecule has 0 heterocycles. The van der Waals surface area contributed by atoms with Gasteiger partial charge in [-0.3, -0.25) is 0 Å². The lowest BCUT2D eigenvalue weighted by Crippen LogP contribution is -1.96.